The van der Waals surface area contributed by atoms with Crippen molar-refractivity contribution in [3.63, 3.8) is 0 Å². The molecule has 0 aromatic carbocycles. The van der Waals surface area contributed by atoms with E-state index in [9.17, 15) is 4.79 Å². The molecule has 1 aromatic heterocycles. The lowest BCUT2D eigenvalue weighted by Crippen LogP contribution is -2.23. The zero-order valence-electron chi connectivity index (χ0n) is 10.0. The maximum atomic E-state index is 11.3. The third-order valence-electron chi connectivity index (χ3n) is 2.57. The summed E-state index contributed by atoms with van der Waals surface area (Å²) in [7, 11) is 1.84. The molecule has 0 amide bonds. The first-order chi connectivity index (χ1) is 8.20. The number of cyclic esters (lactones) is 1. The van der Waals surface area contributed by atoms with Gasteiger partial charge in [0.15, 0.2) is 6.10 Å². The quantitative estimate of drug-likeness (QED) is 0.784. The molecule has 5 nitrogen and oxygen atoms in total. The van der Waals surface area contributed by atoms with Gasteiger partial charge >= 0.3 is 5.97 Å². The maximum Gasteiger partial charge on any atom is 0.347 e. The van der Waals surface area contributed by atoms with Crippen LogP contribution in [0.1, 0.15) is 17.8 Å². The molecule has 1 unspecified atom stereocenters. The van der Waals surface area contributed by atoms with Crippen LogP contribution in [0.25, 0.3) is 0 Å². The number of ether oxygens (including phenoxy) is 2. The summed E-state index contributed by atoms with van der Waals surface area (Å²) in [6, 6.07) is 3.72. The van der Waals surface area contributed by atoms with Gasteiger partial charge in [-0.1, -0.05) is 0 Å². The Balaban J connectivity index is 2.16. The van der Waals surface area contributed by atoms with Gasteiger partial charge in [-0.05, 0) is 26.1 Å². The third-order valence-corrected chi connectivity index (χ3v) is 2.57. The maximum absolute atomic E-state index is 11.3. The molecular formula is C12H16N2O3. The van der Waals surface area contributed by atoms with Gasteiger partial charge in [-0.3, -0.25) is 4.98 Å². The monoisotopic (exact) mass is 236 g/mol. The Labute approximate surface area is 100 Å². The van der Waals surface area contributed by atoms with Gasteiger partial charge in [0.05, 0.1) is 12.3 Å². The summed E-state index contributed by atoms with van der Waals surface area (Å²) in [6.45, 7) is 2.97. The van der Waals surface area contributed by atoms with E-state index in [4.69, 9.17) is 9.47 Å². The number of nitrogens with one attached hydrogen (secondary N) is 1. The number of rotatable bonds is 4. The summed E-state index contributed by atoms with van der Waals surface area (Å²) in [5, 5.41) is 3.03. The summed E-state index contributed by atoms with van der Waals surface area (Å²) in [5.74, 6) is 0.356. The standard InChI is InChI=1S/C12H16N2O3/c1-8-3-4-10(9(14-8)7-13-2)17-11-5-6-16-12(11)15/h3-4,11,13H,5-7H2,1-2H3. The molecule has 0 saturated carbocycles. The first-order valence-corrected chi connectivity index (χ1v) is 5.65. The highest BCUT2D eigenvalue weighted by Gasteiger charge is 2.29. The van der Waals surface area contributed by atoms with Crippen molar-refractivity contribution >= 4 is 5.97 Å². The van der Waals surface area contributed by atoms with Crippen LogP contribution in [0.4, 0.5) is 0 Å². The number of aromatic nitrogens is 1. The van der Waals surface area contributed by atoms with Crippen molar-refractivity contribution < 1.29 is 14.3 Å². The van der Waals surface area contributed by atoms with Crippen molar-refractivity contribution in [2.45, 2.75) is 26.0 Å². The van der Waals surface area contributed by atoms with Crippen LogP contribution in [0.15, 0.2) is 12.1 Å². The Morgan fingerprint density at radius 2 is 2.41 bits per heavy atom. The fourth-order valence-electron chi connectivity index (χ4n) is 1.74. The van der Waals surface area contributed by atoms with Crippen LogP contribution in [-0.4, -0.2) is 30.7 Å². The summed E-state index contributed by atoms with van der Waals surface area (Å²) in [5.41, 5.74) is 1.74. The molecule has 5 heteroatoms. The van der Waals surface area contributed by atoms with Gasteiger partial charge in [-0.2, -0.15) is 0 Å². The smallest absolute Gasteiger partial charge is 0.347 e. The van der Waals surface area contributed by atoms with Gasteiger partial charge in [0, 0.05) is 18.7 Å². The number of pyridine rings is 1. The topological polar surface area (TPSA) is 60.5 Å². The second-order valence-corrected chi connectivity index (χ2v) is 3.99. The SMILES string of the molecule is CNCc1nc(C)ccc1OC1CCOC1=O. The summed E-state index contributed by atoms with van der Waals surface area (Å²) in [4.78, 5) is 15.7. The molecule has 2 rings (SSSR count). The molecule has 1 N–H and O–H groups in total. The van der Waals surface area contributed by atoms with Crippen molar-refractivity contribution in [2.24, 2.45) is 0 Å². The predicted octanol–water partition coefficient (Wildman–Crippen LogP) is 0.804. The van der Waals surface area contributed by atoms with E-state index in [2.05, 4.69) is 10.3 Å². The largest absolute Gasteiger partial charge is 0.477 e. The first-order valence-electron chi connectivity index (χ1n) is 5.65. The molecule has 0 radical (unpaired) electrons. The number of hydrogen-bond donors (Lipinski definition) is 1. The van der Waals surface area contributed by atoms with Crippen LogP contribution in [0.5, 0.6) is 5.75 Å². The second-order valence-electron chi connectivity index (χ2n) is 3.99. The van der Waals surface area contributed by atoms with Crippen LogP contribution >= 0.6 is 0 Å². The number of nitrogens with zero attached hydrogens (tertiary/aromatic N) is 1. The first kappa shape index (κ1) is 11.9. The van der Waals surface area contributed by atoms with Crippen molar-refractivity contribution in [1.82, 2.24) is 10.3 Å². The van der Waals surface area contributed by atoms with Crippen molar-refractivity contribution in [2.75, 3.05) is 13.7 Å². The molecule has 0 aliphatic carbocycles. The molecule has 1 aromatic rings. The van der Waals surface area contributed by atoms with Crippen LogP contribution in [0.3, 0.4) is 0 Å². The molecule has 0 bridgehead atoms. The van der Waals surface area contributed by atoms with Crippen LogP contribution in [0, 0.1) is 6.92 Å². The van der Waals surface area contributed by atoms with Crippen molar-refractivity contribution in [1.29, 1.82) is 0 Å². The number of esters is 1. The Morgan fingerprint density at radius 3 is 3.06 bits per heavy atom. The molecule has 1 atom stereocenters. The summed E-state index contributed by atoms with van der Waals surface area (Å²) in [6.07, 6.45) is 0.112. The minimum Gasteiger partial charge on any atom is -0.477 e. The second kappa shape index (κ2) is 5.14. The molecule has 2 heterocycles. The highest BCUT2D eigenvalue weighted by molar-refractivity contribution is 5.76. The minimum absolute atomic E-state index is 0.291. The van der Waals surface area contributed by atoms with E-state index in [0.29, 0.717) is 25.3 Å². The highest BCUT2D eigenvalue weighted by Crippen LogP contribution is 2.21. The van der Waals surface area contributed by atoms with Gasteiger partial charge in [-0.25, -0.2) is 4.79 Å². The van der Waals surface area contributed by atoms with Crippen LogP contribution in [-0.2, 0) is 16.1 Å². The van der Waals surface area contributed by atoms with E-state index >= 15 is 0 Å². The number of carbonyl (C=O) groups excluding carboxylic acids is 1. The zero-order valence-corrected chi connectivity index (χ0v) is 10.0. The normalized spacial score (nSPS) is 19.2. The van der Waals surface area contributed by atoms with Crippen molar-refractivity contribution in [3.8, 4) is 5.75 Å². The predicted molar refractivity (Wildman–Crippen MR) is 61.7 cm³/mol. The average Bonchev–Trinajstić information content (AvgIpc) is 2.69. The van der Waals surface area contributed by atoms with E-state index in [-0.39, 0.29) is 5.97 Å². The fourth-order valence-corrected chi connectivity index (χ4v) is 1.74. The summed E-state index contributed by atoms with van der Waals surface area (Å²) < 4.78 is 10.5. The highest BCUT2D eigenvalue weighted by atomic mass is 16.6. The lowest BCUT2D eigenvalue weighted by Gasteiger charge is -2.13. The van der Waals surface area contributed by atoms with Gasteiger partial charge in [0.25, 0.3) is 0 Å². The molecule has 1 fully saturated rings. The molecule has 0 spiro atoms. The molecule has 1 aliphatic rings. The van der Waals surface area contributed by atoms with E-state index in [1.54, 1.807) is 0 Å². The Hall–Kier alpha value is -1.62. The minimum atomic E-state index is -0.491. The Morgan fingerprint density at radius 1 is 1.59 bits per heavy atom. The third kappa shape index (κ3) is 2.74. The van der Waals surface area contributed by atoms with Crippen molar-refractivity contribution in [3.05, 3.63) is 23.5 Å². The lowest BCUT2D eigenvalue weighted by atomic mass is 10.2. The number of aryl methyl sites for hydroxylation is 1. The van der Waals surface area contributed by atoms with E-state index < -0.39 is 6.10 Å². The molecule has 1 aliphatic heterocycles. The van der Waals surface area contributed by atoms with Gasteiger partial charge in [-0.15, -0.1) is 0 Å². The molecule has 1 saturated heterocycles. The lowest BCUT2D eigenvalue weighted by molar-refractivity contribution is -0.143. The van der Waals surface area contributed by atoms with Crippen LogP contribution in [0.2, 0.25) is 0 Å². The van der Waals surface area contributed by atoms with Gasteiger partial charge in [0.1, 0.15) is 5.75 Å². The van der Waals surface area contributed by atoms with Crippen LogP contribution < -0.4 is 10.1 Å². The summed E-state index contributed by atoms with van der Waals surface area (Å²) >= 11 is 0. The number of carbonyl (C=O) groups is 1. The fraction of sp³-hybridized carbons (Fsp3) is 0.500. The molecule has 17 heavy (non-hydrogen) atoms. The zero-order chi connectivity index (χ0) is 12.3. The molecule has 92 valence electrons. The molecular weight excluding hydrogens is 220 g/mol. The van der Waals surface area contributed by atoms with E-state index in [1.807, 2.05) is 26.1 Å². The Bertz CT molecular complexity index is 420. The average molecular weight is 236 g/mol. The number of hydrogen-bond acceptors (Lipinski definition) is 5. The Kier molecular flexibility index (Phi) is 3.58. The van der Waals surface area contributed by atoms with Gasteiger partial charge in [0.2, 0.25) is 0 Å². The van der Waals surface area contributed by atoms with Gasteiger partial charge < -0.3 is 14.8 Å². The van der Waals surface area contributed by atoms with E-state index in [1.165, 1.54) is 0 Å². The van der Waals surface area contributed by atoms with E-state index in [0.717, 1.165) is 11.4 Å².